The number of ether oxygens (including phenoxy) is 2. The van der Waals surface area contributed by atoms with Crippen LogP contribution in [0.2, 0.25) is 0 Å². The van der Waals surface area contributed by atoms with Crippen molar-refractivity contribution in [3.8, 4) is 5.75 Å². The Hall–Kier alpha value is -1.98. The number of hydrogen-bond acceptors (Lipinski definition) is 4. The van der Waals surface area contributed by atoms with Crippen LogP contribution in [0.4, 0.5) is 14.9 Å². The smallest absolute Gasteiger partial charge is 0.407 e. The van der Waals surface area contributed by atoms with E-state index in [9.17, 15) is 9.18 Å². The van der Waals surface area contributed by atoms with E-state index in [1.807, 2.05) is 6.92 Å². The maximum atomic E-state index is 13.7. The zero-order valence-corrected chi connectivity index (χ0v) is 13.1. The highest BCUT2D eigenvalue weighted by Gasteiger charge is 2.16. The molecule has 1 unspecified atom stereocenters. The molecule has 0 aliphatic heterocycles. The van der Waals surface area contributed by atoms with Crippen LogP contribution in [-0.2, 0) is 4.74 Å². The molecule has 0 fully saturated rings. The van der Waals surface area contributed by atoms with E-state index in [0.717, 1.165) is 0 Å². The van der Waals surface area contributed by atoms with Gasteiger partial charge in [-0.25, -0.2) is 9.18 Å². The minimum absolute atomic E-state index is 0.167. The van der Waals surface area contributed by atoms with Gasteiger partial charge in [0.1, 0.15) is 17.2 Å². The van der Waals surface area contributed by atoms with Crippen molar-refractivity contribution in [1.82, 2.24) is 5.32 Å². The first kappa shape index (κ1) is 17.1. The van der Waals surface area contributed by atoms with Crippen molar-refractivity contribution in [2.45, 2.75) is 39.3 Å². The largest absolute Gasteiger partial charge is 0.497 e. The molecule has 0 heterocycles. The average Bonchev–Trinajstić information content (AvgIpc) is 2.37. The highest BCUT2D eigenvalue weighted by molar-refractivity contribution is 5.67. The topological polar surface area (TPSA) is 59.6 Å². The summed E-state index contributed by atoms with van der Waals surface area (Å²) in [4.78, 5) is 11.5. The lowest BCUT2D eigenvalue weighted by Gasteiger charge is -2.21. The Labute approximate surface area is 124 Å². The van der Waals surface area contributed by atoms with E-state index in [-0.39, 0.29) is 11.9 Å². The third-order valence-corrected chi connectivity index (χ3v) is 2.53. The molecule has 5 nitrogen and oxygen atoms in total. The van der Waals surface area contributed by atoms with Crippen molar-refractivity contribution in [3.63, 3.8) is 0 Å². The Morgan fingerprint density at radius 2 is 2.05 bits per heavy atom. The predicted molar refractivity (Wildman–Crippen MR) is 80.3 cm³/mol. The van der Waals surface area contributed by atoms with Crippen molar-refractivity contribution in [1.29, 1.82) is 0 Å². The van der Waals surface area contributed by atoms with Crippen molar-refractivity contribution in [2.75, 3.05) is 19.0 Å². The van der Waals surface area contributed by atoms with Gasteiger partial charge in [0.25, 0.3) is 0 Å². The Bertz CT molecular complexity index is 486. The van der Waals surface area contributed by atoms with E-state index in [2.05, 4.69) is 10.6 Å². The molecule has 0 spiro atoms. The number of hydrogen-bond donors (Lipinski definition) is 2. The van der Waals surface area contributed by atoms with Crippen LogP contribution in [0.1, 0.15) is 27.7 Å². The van der Waals surface area contributed by atoms with Gasteiger partial charge in [-0.1, -0.05) is 0 Å². The molecule has 0 radical (unpaired) electrons. The van der Waals surface area contributed by atoms with Gasteiger partial charge in [0.2, 0.25) is 0 Å². The van der Waals surface area contributed by atoms with Gasteiger partial charge < -0.3 is 20.1 Å². The molecule has 1 amide bonds. The van der Waals surface area contributed by atoms with E-state index in [1.54, 1.807) is 32.9 Å². The standard InChI is InChI=1S/C15H23FN2O3/c1-10(9-17-14(19)21-15(2,3)4)18-13-8-11(20-5)6-7-12(13)16/h6-8,10,18H,9H2,1-5H3,(H,17,19). The molecule has 1 aromatic carbocycles. The second-order valence-electron chi connectivity index (χ2n) is 5.77. The summed E-state index contributed by atoms with van der Waals surface area (Å²) in [6.07, 6.45) is -0.498. The molecule has 2 N–H and O–H groups in total. The molecule has 1 rings (SSSR count). The lowest BCUT2D eigenvalue weighted by atomic mass is 10.2. The summed E-state index contributed by atoms with van der Waals surface area (Å²) in [5.41, 5.74) is -0.215. The van der Waals surface area contributed by atoms with E-state index in [1.165, 1.54) is 13.2 Å². The number of amides is 1. The molecule has 118 valence electrons. The highest BCUT2D eigenvalue weighted by atomic mass is 19.1. The summed E-state index contributed by atoms with van der Waals surface area (Å²) in [6.45, 7) is 7.52. The van der Waals surface area contributed by atoms with E-state index in [0.29, 0.717) is 18.0 Å². The summed E-state index contributed by atoms with van der Waals surface area (Å²) in [7, 11) is 1.52. The number of carbonyl (C=O) groups excluding carboxylic acids is 1. The molecule has 0 aliphatic rings. The normalized spacial score (nSPS) is 12.5. The van der Waals surface area contributed by atoms with Crippen LogP contribution in [-0.4, -0.2) is 31.4 Å². The van der Waals surface area contributed by atoms with Crippen molar-refractivity contribution in [3.05, 3.63) is 24.0 Å². The fourth-order valence-electron chi connectivity index (χ4n) is 1.61. The zero-order chi connectivity index (χ0) is 16.0. The number of methoxy groups -OCH3 is 1. The maximum Gasteiger partial charge on any atom is 0.407 e. The highest BCUT2D eigenvalue weighted by Crippen LogP contribution is 2.21. The Kier molecular flexibility index (Phi) is 5.81. The molecule has 0 saturated heterocycles. The van der Waals surface area contributed by atoms with E-state index < -0.39 is 11.7 Å². The van der Waals surface area contributed by atoms with Gasteiger partial charge in [0, 0.05) is 18.7 Å². The molecule has 21 heavy (non-hydrogen) atoms. The fraction of sp³-hybridized carbons (Fsp3) is 0.533. The number of carbonyl (C=O) groups is 1. The quantitative estimate of drug-likeness (QED) is 0.876. The van der Waals surface area contributed by atoms with Crippen LogP contribution in [0, 0.1) is 5.82 Å². The number of rotatable bonds is 5. The van der Waals surface area contributed by atoms with Crippen molar-refractivity contribution >= 4 is 11.8 Å². The molecular weight excluding hydrogens is 275 g/mol. The summed E-state index contributed by atoms with van der Waals surface area (Å²) >= 11 is 0. The van der Waals surface area contributed by atoms with Crippen LogP contribution in [0.3, 0.4) is 0 Å². The molecule has 1 aromatic rings. The first-order chi connectivity index (χ1) is 9.71. The Morgan fingerprint density at radius 3 is 2.62 bits per heavy atom. The van der Waals surface area contributed by atoms with Gasteiger partial charge in [0.15, 0.2) is 0 Å². The number of halogens is 1. The molecule has 1 atom stereocenters. The SMILES string of the molecule is COc1ccc(F)c(NC(C)CNC(=O)OC(C)(C)C)c1. The van der Waals surface area contributed by atoms with Gasteiger partial charge in [-0.15, -0.1) is 0 Å². The van der Waals surface area contributed by atoms with Crippen LogP contribution < -0.4 is 15.4 Å². The minimum Gasteiger partial charge on any atom is -0.497 e. The Morgan fingerprint density at radius 1 is 1.38 bits per heavy atom. The molecular formula is C15H23FN2O3. The summed E-state index contributed by atoms with van der Waals surface area (Å²) in [5, 5.41) is 5.61. The number of anilines is 1. The lowest BCUT2D eigenvalue weighted by molar-refractivity contribution is 0.0526. The fourth-order valence-corrected chi connectivity index (χ4v) is 1.61. The first-order valence-corrected chi connectivity index (χ1v) is 6.78. The maximum absolute atomic E-state index is 13.7. The summed E-state index contributed by atoms with van der Waals surface area (Å²) in [6, 6.07) is 4.28. The predicted octanol–water partition coefficient (Wildman–Crippen LogP) is 3.16. The number of nitrogens with one attached hydrogen (secondary N) is 2. The molecule has 0 aliphatic carbocycles. The summed E-state index contributed by atoms with van der Waals surface area (Å²) < 4.78 is 23.8. The molecule has 6 heteroatoms. The first-order valence-electron chi connectivity index (χ1n) is 6.78. The number of benzene rings is 1. The second-order valence-corrected chi connectivity index (χ2v) is 5.77. The molecule has 0 bridgehead atoms. The van der Waals surface area contributed by atoms with Crippen molar-refractivity contribution < 1.29 is 18.7 Å². The molecule has 0 aromatic heterocycles. The van der Waals surface area contributed by atoms with Gasteiger partial charge in [-0.3, -0.25) is 0 Å². The minimum atomic E-state index is -0.542. The molecule has 0 saturated carbocycles. The third kappa shape index (κ3) is 6.33. The van der Waals surface area contributed by atoms with Gasteiger partial charge >= 0.3 is 6.09 Å². The van der Waals surface area contributed by atoms with Crippen LogP contribution in [0.15, 0.2) is 18.2 Å². The average molecular weight is 298 g/mol. The van der Waals surface area contributed by atoms with E-state index >= 15 is 0 Å². The van der Waals surface area contributed by atoms with Crippen LogP contribution in [0.25, 0.3) is 0 Å². The Balaban J connectivity index is 2.50. The van der Waals surface area contributed by atoms with Gasteiger partial charge in [0.05, 0.1) is 12.8 Å². The monoisotopic (exact) mass is 298 g/mol. The van der Waals surface area contributed by atoms with Crippen molar-refractivity contribution in [2.24, 2.45) is 0 Å². The third-order valence-electron chi connectivity index (χ3n) is 2.53. The zero-order valence-electron chi connectivity index (χ0n) is 13.1. The van der Waals surface area contributed by atoms with E-state index in [4.69, 9.17) is 9.47 Å². The van der Waals surface area contributed by atoms with Crippen LogP contribution in [0.5, 0.6) is 5.75 Å². The number of alkyl carbamates (subject to hydrolysis) is 1. The van der Waals surface area contributed by atoms with Gasteiger partial charge in [-0.05, 0) is 39.8 Å². The van der Waals surface area contributed by atoms with Gasteiger partial charge in [-0.2, -0.15) is 0 Å². The lowest BCUT2D eigenvalue weighted by Crippen LogP contribution is -2.38. The summed E-state index contributed by atoms with van der Waals surface area (Å²) in [5.74, 6) is 0.186. The van der Waals surface area contributed by atoms with Crippen LogP contribution >= 0.6 is 0 Å². The second kappa shape index (κ2) is 7.15.